The largest absolute Gasteiger partial charge is 0.303 e. The van der Waals surface area contributed by atoms with Crippen molar-refractivity contribution in [3.05, 3.63) is 33.8 Å². The van der Waals surface area contributed by atoms with Crippen molar-refractivity contribution >= 4 is 41.2 Å². The highest BCUT2D eigenvalue weighted by Crippen LogP contribution is 2.26. The molecule has 94 valence electrons. The summed E-state index contributed by atoms with van der Waals surface area (Å²) in [5.74, 6) is 2.04. The summed E-state index contributed by atoms with van der Waals surface area (Å²) < 4.78 is 0. The summed E-state index contributed by atoms with van der Waals surface area (Å²) in [6.07, 6.45) is 4.84. The quantitative estimate of drug-likeness (QED) is 0.513. The number of hydrogen-bond donors (Lipinski definition) is 0. The van der Waals surface area contributed by atoms with E-state index in [9.17, 15) is 4.79 Å². The van der Waals surface area contributed by atoms with Crippen molar-refractivity contribution in [1.82, 2.24) is 0 Å². The van der Waals surface area contributed by atoms with E-state index in [2.05, 4.69) is 0 Å². The van der Waals surface area contributed by atoms with E-state index in [4.69, 9.17) is 23.2 Å². The molecule has 1 rings (SSSR count). The van der Waals surface area contributed by atoms with Crippen LogP contribution in [0.2, 0.25) is 10.0 Å². The second kappa shape index (κ2) is 8.84. The van der Waals surface area contributed by atoms with Crippen LogP contribution in [-0.4, -0.2) is 17.8 Å². The van der Waals surface area contributed by atoms with E-state index in [0.717, 1.165) is 42.6 Å². The van der Waals surface area contributed by atoms with Crippen molar-refractivity contribution < 1.29 is 4.79 Å². The maximum absolute atomic E-state index is 10.1. The summed E-state index contributed by atoms with van der Waals surface area (Å²) in [4.78, 5) is 10.1. The lowest BCUT2D eigenvalue weighted by molar-refractivity contribution is -0.107. The zero-order chi connectivity index (χ0) is 12.5. The molecular weight excluding hydrogens is 275 g/mol. The lowest BCUT2D eigenvalue weighted by Gasteiger charge is -2.05. The summed E-state index contributed by atoms with van der Waals surface area (Å²) >= 11 is 13.9. The molecule has 0 aliphatic heterocycles. The Balaban J connectivity index is 2.18. The summed E-state index contributed by atoms with van der Waals surface area (Å²) in [7, 11) is 0. The maximum Gasteiger partial charge on any atom is 0.120 e. The van der Waals surface area contributed by atoms with E-state index >= 15 is 0 Å². The Morgan fingerprint density at radius 2 is 2.00 bits per heavy atom. The van der Waals surface area contributed by atoms with Crippen molar-refractivity contribution in [2.75, 3.05) is 11.5 Å². The molecule has 0 spiro atoms. The molecule has 0 heterocycles. The summed E-state index contributed by atoms with van der Waals surface area (Å²) in [6, 6.07) is 5.76. The lowest BCUT2D eigenvalue weighted by atomic mass is 10.1. The number of benzene rings is 1. The molecule has 0 radical (unpaired) electrons. The van der Waals surface area contributed by atoms with Crippen molar-refractivity contribution in [1.29, 1.82) is 0 Å². The molecule has 4 heteroatoms. The predicted octanol–water partition coefficient (Wildman–Crippen LogP) is 4.64. The fraction of sp³-hybridized carbons (Fsp3) is 0.462. The minimum Gasteiger partial charge on any atom is -0.303 e. The maximum atomic E-state index is 10.1. The van der Waals surface area contributed by atoms with Gasteiger partial charge in [-0.05, 0) is 42.4 Å². The molecule has 0 fully saturated rings. The van der Waals surface area contributed by atoms with E-state index in [0.29, 0.717) is 16.5 Å². The highest BCUT2D eigenvalue weighted by atomic mass is 35.5. The first-order valence-electron chi connectivity index (χ1n) is 5.70. The Kier molecular flexibility index (Phi) is 7.74. The number of unbranched alkanes of at least 4 members (excludes halogenated alkanes) is 1. The Bertz CT molecular complexity index is 355. The monoisotopic (exact) mass is 290 g/mol. The molecule has 0 bridgehead atoms. The number of hydrogen-bond acceptors (Lipinski definition) is 2. The van der Waals surface area contributed by atoms with Crippen LogP contribution in [0.4, 0.5) is 0 Å². The number of carbonyl (C=O) groups excluding carboxylic acids is 1. The third-order valence-corrected chi connectivity index (χ3v) is 4.36. The number of aldehydes is 1. The first-order chi connectivity index (χ1) is 8.25. The highest BCUT2D eigenvalue weighted by molar-refractivity contribution is 7.99. The Hall–Kier alpha value is -0.180. The predicted molar refractivity (Wildman–Crippen MR) is 77.4 cm³/mol. The molecule has 17 heavy (non-hydrogen) atoms. The molecular formula is C13H16Cl2OS. The van der Waals surface area contributed by atoms with Gasteiger partial charge in [-0.25, -0.2) is 0 Å². The fourth-order valence-electron chi connectivity index (χ4n) is 1.49. The molecule has 1 aromatic rings. The van der Waals surface area contributed by atoms with Gasteiger partial charge in [-0.1, -0.05) is 35.3 Å². The number of rotatable bonds is 8. The van der Waals surface area contributed by atoms with E-state index in [1.165, 1.54) is 0 Å². The van der Waals surface area contributed by atoms with E-state index in [1.54, 1.807) is 0 Å². The van der Waals surface area contributed by atoms with Gasteiger partial charge in [0, 0.05) is 6.42 Å². The lowest BCUT2D eigenvalue weighted by Crippen LogP contribution is -1.90. The molecule has 0 aliphatic carbocycles. The number of carbonyl (C=O) groups is 1. The third kappa shape index (κ3) is 5.80. The van der Waals surface area contributed by atoms with Gasteiger partial charge in [-0.15, -0.1) is 0 Å². The first kappa shape index (κ1) is 14.9. The van der Waals surface area contributed by atoms with Crippen LogP contribution in [0.25, 0.3) is 0 Å². The number of thioether (sulfide) groups is 1. The van der Waals surface area contributed by atoms with Crippen molar-refractivity contribution in [2.24, 2.45) is 0 Å². The van der Waals surface area contributed by atoms with Crippen LogP contribution in [-0.2, 0) is 11.2 Å². The van der Waals surface area contributed by atoms with Crippen molar-refractivity contribution in [3.63, 3.8) is 0 Å². The average molecular weight is 291 g/mol. The van der Waals surface area contributed by atoms with Gasteiger partial charge >= 0.3 is 0 Å². The molecule has 0 saturated carbocycles. The molecule has 0 amide bonds. The minimum absolute atomic E-state index is 0.629. The van der Waals surface area contributed by atoms with Crippen LogP contribution < -0.4 is 0 Å². The van der Waals surface area contributed by atoms with E-state index < -0.39 is 0 Å². The van der Waals surface area contributed by atoms with Crippen LogP contribution >= 0.6 is 35.0 Å². The molecule has 0 saturated heterocycles. The van der Waals surface area contributed by atoms with Gasteiger partial charge in [0.25, 0.3) is 0 Å². The zero-order valence-electron chi connectivity index (χ0n) is 9.62. The summed E-state index contributed by atoms with van der Waals surface area (Å²) in [6.45, 7) is 0. The Labute approximate surface area is 117 Å². The molecule has 1 aromatic carbocycles. The SMILES string of the molecule is O=CCCSCCCCc1cccc(Cl)c1Cl. The van der Waals surface area contributed by atoms with Gasteiger partial charge in [-0.3, -0.25) is 0 Å². The van der Waals surface area contributed by atoms with Gasteiger partial charge < -0.3 is 4.79 Å². The van der Waals surface area contributed by atoms with Crippen LogP contribution in [0.5, 0.6) is 0 Å². The zero-order valence-corrected chi connectivity index (χ0v) is 12.0. The Morgan fingerprint density at radius 3 is 2.76 bits per heavy atom. The second-order valence-corrected chi connectivity index (χ2v) is 5.75. The van der Waals surface area contributed by atoms with Crippen molar-refractivity contribution in [2.45, 2.75) is 25.7 Å². The van der Waals surface area contributed by atoms with Gasteiger partial charge in [0.2, 0.25) is 0 Å². The van der Waals surface area contributed by atoms with Crippen LogP contribution in [0.3, 0.4) is 0 Å². The molecule has 0 aliphatic rings. The second-order valence-electron chi connectivity index (χ2n) is 3.74. The number of halogens is 2. The van der Waals surface area contributed by atoms with E-state index in [1.807, 2.05) is 30.0 Å². The topological polar surface area (TPSA) is 17.1 Å². The Morgan fingerprint density at radius 1 is 1.18 bits per heavy atom. The highest BCUT2D eigenvalue weighted by Gasteiger charge is 2.03. The van der Waals surface area contributed by atoms with Crippen LogP contribution in [0.15, 0.2) is 18.2 Å². The summed E-state index contributed by atoms with van der Waals surface area (Å²) in [5, 5.41) is 1.31. The van der Waals surface area contributed by atoms with E-state index in [-0.39, 0.29) is 0 Å². The normalized spacial score (nSPS) is 10.5. The molecule has 0 atom stereocenters. The number of aryl methyl sites for hydroxylation is 1. The van der Waals surface area contributed by atoms with Gasteiger partial charge in [-0.2, -0.15) is 11.8 Å². The van der Waals surface area contributed by atoms with Gasteiger partial charge in [0.15, 0.2) is 0 Å². The molecule has 0 N–H and O–H groups in total. The average Bonchev–Trinajstić information content (AvgIpc) is 2.33. The van der Waals surface area contributed by atoms with Gasteiger partial charge in [0.05, 0.1) is 10.0 Å². The molecule has 0 unspecified atom stereocenters. The van der Waals surface area contributed by atoms with Crippen LogP contribution in [0.1, 0.15) is 24.8 Å². The molecule has 0 aromatic heterocycles. The first-order valence-corrected chi connectivity index (χ1v) is 7.61. The molecule has 1 nitrogen and oxygen atoms in total. The summed E-state index contributed by atoms with van der Waals surface area (Å²) in [5.41, 5.74) is 1.12. The van der Waals surface area contributed by atoms with Crippen LogP contribution in [0, 0.1) is 0 Å². The third-order valence-electron chi connectivity index (χ3n) is 2.40. The van der Waals surface area contributed by atoms with Crippen molar-refractivity contribution in [3.8, 4) is 0 Å². The smallest absolute Gasteiger partial charge is 0.120 e. The minimum atomic E-state index is 0.629. The standard InChI is InChI=1S/C13H16Cl2OS/c14-12-7-3-6-11(13(12)15)5-1-2-9-17-10-4-8-16/h3,6-8H,1-2,4-5,9-10H2. The fourth-order valence-corrected chi connectivity index (χ4v) is 2.78. The van der Waals surface area contributed by atoms with Gasteiger partial charge in [0.1, 0.15) is 6.29 Å².